The Labute approximate surface area is 335 Å². The number of nitrogens with zero attached hydrogens (tertiary/aromatic N) is 2. The molecule has 1 aliphatic heterocycles. The molecule has 4 atom stereocenters. The van der Waals surface area contributed by atoms with Gasteiger partial charge in [-0.25, -0.2) is 0 Å². The molecule has 12 nitrogen and oxygen atoms in total. The summed E-state index contributed by atoms with van der Waals surface area (Å²) in [7, 11) is 1.71. The summed E-state index contributed by atoms with van der Waals surface area (Å²) < 4.78 is 0. The third-order valence-corrected chi connectivity index (χ3v) is 10.6. The first kappa shape index (κ1) is 42.2. The summed E-state index contributed by atoms with van der Waals surface area (Å²) in [5.41, 5.74) is 13.8. The van der Waals surface area contributed by atoms with Crippen molar-refractivity contribution in [1.82, 2.24) is 20.9 Å². The summed E-state index contributed by atoms with van der Waals surface area (Å²) in [5.74, 6) is -1.69. The summed E-state index contributed by atoms with van der Waals surface area (Å²) in [6.45, 7) is 0.240. The fraction of sp³-hybridized carbons (Fsp3) is 0.400. The normalized spacial score (nSPS) is 20.7. The first-order valence-electron chi connectivity index (χ1n) is 20.1. The number of hydrogen-bond acceptors (Lipinski definition) is 6. The van der Waals surface area contributed by atoms with Gasteiger partial charge in [-0.3, -0.25) is 24.2 Å². The van der Waals surface area contributed by atoms with Gasteiger partial charge >= 0.3 is 0 Å². The van der Waals surface area contributed by atoms with Gasteiger partial charge < -0.3 is 37.4 Å². The summed E-state index contributed by atoms with van der Waals surface area (Å²) in [6, 6.07) is 28.3. The molecular formula is C45H57N7O5. The van der Waals surface area contributed by atoms with Gasteiger partial charge in [0.25, 0.3) is 0 Å². The molecule has 4 aromatic carbocycles. The minimum absolute atomic E-state index is 0.0768. The van der Waals surface area contributed by atoms with Crippen LogP contribution in [-0.2, 0) is 38.4 Å². The monoisotopic (exact) mass is 775 g/mol. The van der Waals surface area contributed by atoms with Crippen molar-refractivity contribution in [2.75, 3.05) is 13.6 Å². The molecule has 1 aliphatic rings. The Morgan fingerprint density at radius 3 is 2.07 bits per heavy atom. The van der Waals surface area contributed by atoms with Crippen molar-refractivity contribution in [3.63, 3.8) is 0 Å². The fourth-order valence-electron chi connectivity index (χ4n) is 7.32. The van der Waals surface area contributed by atoms with E-state index in [1.54, 1.807) is 36.2 Å². The molecule has 8 N–H and O–H groups in total. The van der Waals surface area contributed by atoms with Crippen LogP contribution in [0.2, 0.25) is 0 Å². The molecule has 0 spiro atoms. The van der Waals surface area contributed by atoms with Gasteiger partial charge in [-0.1, -0.05) is 111 Å². The van der Waals surface area contributed by atoms with Gasteiger partial charge in [-0.2, -0.15) is 0 Å². The van der Waals surface area contributed by atoms with E-state index in [1.807, 2.05) is 66.7 Å². The molecule has 1 fully saturated rings. The Kier molecular flexibility index (Phi) is 15.9. The maximum Gasteiger partial charge on any atom is 0.244 e. The minimum atomic E-state index is -1.03. The zero-order valence-corrected chi connectivity index (χ0v) is 32.9. The van der Waals surface area contributed by atoms with Crippen LogP contribution in [-0.4, -0.2) is 71.4 Å². The lowest BCUT2D eigenvalue weighted by Gasteiger charge is -2.31. The molecule has 5 rings (SSSR count). The number of hydrogen-bond donors (Lipinski definition) is 6. The van der Waals surface area contributed by atoms with Crippen LogP contribution in [0.1, 0.15) is 74.5 Å². The Bertz CT molecular complexity index is 1970. The van der Waals surface area contributed by atoms with Gasteiger partial charge in [-0.05, 0) is 71.7 Å². The molecule has 0 bridgehead atoms. The lowest BCUT2D eigenvalue weighted by atomic mass is 9.91. The number of nitrogens with one attached hydrogen (secondary N) is 3. The molecule has 1 heterocycles. The van der Waals surface area contributed by atoms with Crippen molar-refractivity contribution in [2.45, 2.75) is 95.3 Å². The second-order valence-electron chi connectivity index (χ2n) is 15.0. The third kappa shape index (κ3) is 13.4. The summed E-state index contributed by atoms with van der Waals surface area (Å²) in [5, 5.41) is 21.1. The highest BCUT2D eigenvalue weighted by molar-refractivity contribution is 5.93. The largest absolute Gasteiger partial charge is 0.508 e. The number of likely N-dealkylation sites (N-methyl/N-ethyl adjacent to an activating group) is 1. The number of aromatic hydroxyl groups is 1. The number of aliphatic imine (C=N–C) groups is 1. The SMILES string of the molecule is CN1C(=O)CCCCCCC[C@@H](Cc2ccc(O)cc2)C(=O)N[C@H](Cc2ccccc2)C(=O)N[C@@H](CCCN=C(N)N)C(=O)N[C@H]1Cc1ccc2ccccc2c1. The number of guanidine groups is 1. The first-order chi connectivity index (χ1) is 27.5. The number of phenolic OH excluding ortho intramolecular Hbond substituents is 1. The summed E-state index contributed by atoms with van der Waals surface area (Å²) >= 11 is 0. The Morgan fingerprint density at radius 2 is 1.32 bits per heavy atom. The maximum absolute atomic E-state index is 14.3. The van der Waals surface area contributed by atoms with Crippen LogP contribution in [0.4, 0.5) is 0 Å². The topological polar surface area (TPSA) is 192 Å². The molecule has 4 amide bonds. The van der Waals surface area contributed by atoms with Crippen molar-refractivity contribution in [3.05, 3.63) is 114 Å². The van der Waals surface area contributed by atoms with Crippen LogP contribution >= 0.6 is 0 Å². The lowest BCUT2D eigenvalue weighted by molar-refractivity contribution is -0.136. The van der Waals surface area contributed by atoms with Crippen LogP contribution in [0, 0.1) is 5.92 Å². The number of fused-ring (bicyclic) bond motifs is 1. The van der Waals surface area contributed by atoms with Crippen molar-refractivity contribution < 1.29 is 24.3 Å². The highest BCUT2D eigenvalue weighted by Crippen LogP contribution is 2.22. The smallest absolute Gasteiger partial charge is 0.244 e. The van der Waals surface area contributed by atoms with E-state index in [2.05, 4.69) is 27.0 Å². The van der Waals surface area contributed by atoms with E-state index in [0.29, 0.717) is 38.5 Å². The van der Waals surface area contributed by atoms with E-state index in [4.69, 9.17) is 11.5 Å². The quantitative estimate of drug-likeness (QED) is 0.0753. The predicted octanol–water partition coefficient (Wildman–Crippen LogP) is 4.86. The number of carbonyl (C=O) groups is 4. The molecule has 0 saturated carbocycles. The van der Waals surface area contributed by atoms with Gasteiger partial charge in [0.1, 0.15) is 24.0 Å². The van der Waals surface area contributed by atoms with Gasteiger partial charge in [0.15, 0.2) is 5.96 Å². The summed E-state index contributed by atoms with van der Waals surface area (Å²) in [6.07, 6.45) is 5.92. The Morgan fingerprint density at radius 1 is 0.684 bits per heavy atom. The van der Waals surface area contributed by atoms with Gasteiger partial charge in [0.2, 0.25) is 23.6 Å². The molecule has 0 aromatic heterocycles. The second kappa shape index (κ2) is 21.4. The fourth-order valence-corrected chi connectivity index (χ4v) is 7.32. The van der Waals surface area contributed by atoms with Crippen molar-refractivity contribution in [3.8, 4) is 5.75 Å². The molecule has 12 heteroatoms. The molecule has 302 valence electrons. The summed E-state index contributed by atoms with van der Waals surface area (Å²) in [4.78, 5) is 62.2. The van der Waals surface area contributed by atoms with E-state index >= 15 is 0 Å². The van der Waals surface area contributed by atoms with Crippen molar-refractivity contribution in [2.24, 2.45) is 22.4 Å². The van der Waals surface area contributed by atoms with Crippen molar-refractivity contribution >= 4 is 40.4 Å². The average Bonchev–Trinajstić information content (AvgIpc) is 3.20. The van der Waals surface area contributed by atoms with Gasteiger partial charge in [0, 0.05) is 38.8 Å². The number of amides is 4. The third-order valence-electron chi connectivity index (χ3n) is 10.6. The molecule has 0 unspecified atom stereocenters. The number of benzene rings is 4. The zero-order chi connectivity index (χ0) is 40.6. The van der Waals surface area contributed by atoms with Crippen LogP contribution in [0.15, 0.2) is 102 Å². The van der Waals surface area contributed by atoms with E-state index in [9.17, 15) is 24.3 Å². The van der Waals surface area contributed by atoms with Crippen LogP contribution < -0.4 is 27.4 Å². The predicted molar refractivity (Wildman–Crippen MR) is 224 cm³/mol. The van der Waals surface area contributed by atoms with Crippen LogP contribution in [0.25, 0.3) is 10.8 Å². The lowest BCUT2D eigenvalue weighted by Crippen LogP contribution is -2.58. The molecule has 4 aromatic rings. The highest BCUT2D eigenvalue weighted by atomic mass is 16.3. The van der Waals surface area contributed by atoms with E-state index < -0.39 is 36.0 Å². The molecular weight excluding hydrogens is 719 g/mol. The minimum Gasteiger partial charge on any atom is -0.508 e. The standard InChI is InChI=1S/C45H57N7O5/c1-52-40(30-33-20-23-34-15-10-11-16-35(34)28-33)51-43(56)38(18-12-26-48-45(46)47)49-44(57)39(29-31-13-6-5-7-14-31)50-42(55)36(27-32-21-24-37(53)25-22-32)17-8-3-2-4-9-19-41(52)54/h5-7,10-11,13-16,20-25,28,36,38-40,53H,2-4,8-9,12,17-19,26-27,29-30H2,1H3,(H,49,57)(H,50,55)(H,51,56)(H4,46,47,48)/t36-,38-,39+,40+/m0/s1. The van der Waals surface area contributed by atoms with E-state index in [0.717, 1.165) is 53.1 Å². The maximum atomic E-state index is 14.3. The van der Waals surface area contributed by atoms with E-state index in [1.165, 1.54) is 0 Å². The number of nitrogens with two attached hydrogens (primary N) is 2. The highest BCUT2D eigenvalue weighted by Gasteiger charge is 2.31. The molecule has 0 aliphatic carbocycles. The van der Waals surface area contributed by atoms with E-state index in [-0.39, 0.29) is 42.9 Å². The Balaban J connectivity index is 1.45. The Hall–Kier alpha value is -5.91. The average molecular weight is 776 g/mol. The van der Waals surface area contributed by atoms with Gasteiger partial charge in [0.05, 0.1) is 0 Å². The number of rotatable bonds is 10. The molecule has 57 heavy (non-hydrogen) atoms. The number of carbonyl (C=O) groups excluding carboxylic acids is 4. The van der Waals surface area contributed by atoms with Gasteiger partial charge in [-0.15, -0.1) is 0 Å². The van der Waals surface area contributed by atoms with Crippen LogP contribution in [0.5, 0.6) is 5.75 Å². The second-order valence-corrected chi connectivity index (χ2v) is 15.0. The first-order valence-corrected chi connectivity index (χ1v) is 20.1. The zero-order valence-electron chi connectivity index (χ0n) is 32.9. The molecule has 0 radical (unpaired) electrons. The molecule has 1 saturated heterocycles. The van der Waals surface area contributed by atoms with Crippen LogP contribution in [0.3, 0.4) is 0 Å². The number of phenols is 1. The van der Waals surface area contributed by atoms with Crippen molar-refractivity contribution in [1.29, 1.82) is 0 Å².